The molecule has 2 amide bonds. The zero-order chi connectivity index (χ0) is 27.9. The first-order chi connectivity index (χ1) is 17.9. The molecule has 1 saturated heterocycles. The van der Waals surface area contributed by atoms with Gasteiger partial charge in [-0.3, -0.25) is 4.79 Å². The van der Waals surface area contributed by atoms with E-state index in [1.54, 1.807) is 16.9 Å². The summed E-state index contributed by atoms with van der Waals surface area (Å²) in [7, 11) is 1.71. The Morgan fingerprint density at radius 1 is 1.03 bits per heavy atom. The molecule has 0 radical (unpaired) electrons. The molecule has 0 saturated carbocycles. The van der Waals surface area contributed by atoms with Crippen LogP contribution in [-0.2, 0) is 9.53 Å². The lowest BCUT2D eigenvalue weighted by molar-refractivity contribution is -0.274. The van der Waals surface area contributed by atoms with Crippen LogP contribution in [0.1, 0.15) is 32.4 Å². The quantitative estimate of drug-likeness (QED) is 0.450. The lowest BCUT2D eigenvalue weighted by Crippen LogP contribution is -2.51. The van der Waals surface area contributed by atoms with Crippen molar-refractivity contribution < 1.29 is 32.2 Å². The standard InChI is InChI=1S/C21H18F3N5O3.C5H12O/c22-21(23,24)32-17-8-6-15(7-9-17)18-12-25-29(26-18)20(31)28-11-10-27(14-30)13-19(28)16-4-2-1-3-5-16;1-5(2,3)6-4/h1-9,12,14,19H,10-11,13H2;1-4H3. The first-order valence-corrected chi connectivity index (χ1v) is 11.8. The maximum Gasteiger partial charge on any atom is 0.573 e. The number of carbonyl (C=O) groups is 2. The van der Waals surface area contributed by atoms with Gasteiger partial charge in [0.1, 0.15) is 11.4 Å². The molecule has 0 N–H and O–H groups in total. The number of halogens is 3. The molecule has 1 fully saturated rings. The fourth-order valence-electron chi connectivity index (χ4n) is 3.52. The van der Waals surface area contributed by atoms with E-state index in [4.69, 9.17) is 4.74 Å². The molecule has 0 spiro atoms. The second-order valence-electron chi connectivity index (χ2n) is 9.41. The van der Waals surface area contributed by atoms with Crippen LogP contribution in [0.2, 0.25) is 0 Å². The largest absolute Gasteiger partial charge is 0.573 e. The zero-order valence-electron chi connectivity index (χ0n) is 21.6. The Balaban J connectivity index is 0.000000599. The van der Waals surface area contributed by atoms with Crippen molar-refractivity contribution >= 4 is 12.4 Å². The van der Waals surface area contributed by atoms with Crippen molar-refractivity contribution in [2.75, 3.05) is 26.7 Å². The highest BCUT2D eigenvalue weighted by Crippen LogP contribution is 2.27. The normalized spacial score (nSPS) is 15.9. The summed E-state index contributed by atoms with van der Waals surface area (Å²) in [6.07, 6.45) is -2.66. The number of hydrogen-bond acceptors (Lipinski definition) is 6. The third-order valence-corrected chi connectivity index (χ3v) is 5.65. The van der Waals surface area contributed by atoms with E-state index >= 15 is 0 Å². The maximum atomic E-state index is 13.1. The van der Waals surface area contributed by atoms with Gasteiger partial charge in [-0.25, -0.2) is 4.79 Å². The molecule has 1 atom stereocenters. The highest BCUT2D eigenvalue weighted by Gasteiger charge is 2.33. The Morgan fingerprint density at radius 2 is 1.66 bits per heavy atom. The summed E-state index contributed by atoms with van der Waals surface area (Å²) in [6.45, 7) is 7.09. The summed E-state index contributed by atoms with van der Waals surface area (Å²) < 4.78 is 45.8. The Morgan fingerprint density at radius 3 is 2.21 bits per heavy atom. The van der Waals surface area contributed by atoms with Gasteiger partial charge in [0.15, 0.2) is 0 Å². The van der Waals surface area contributed by atoms with Crippen LogP contribution in [0.3, 0.4) is 0 Å². The van der Waals surface area contributed by atoms with Gasteiger partial charge in [-0.15, -0.1) is 18.3 Å². The Kier molecular flexibility index (Phi) is 9.10. The predicted octanol–water partition coefficient (Wildman–Crippen LogP) is 4.76. The van der Waals surface area contributed by atoms with Crippen LogP contribution < -0.4 is 4.74 Å². The second kappa shape index (κ2) is 12.1. The van der Waals surface area contributed by atoms with Crippen LogP contribution in [0.4, 0.5) is 18.0 Å². The number of methoxy groups -OCH3 is 1. The topological polar surface area (TPSA) is 89.8 Å². The third kappa shape index (κ3) is 8.04. The van der Waals surface area contributed by atoms with Crippen LogP contribution >= 0.6 is 0 Å². The lowest BCUT2D eigenvalue weighted by Gasteiger charge is -2.39. The third-order valence-electron chi connectivity index (χ3n) is 5.65. The number of aromatic nitrogens is 3. The average Bonchev–Trinajstić information content (AvgIpc) is 3.38. The molecule has 1 aliphatic rings. The Labute approximate surface area is 218 Å². The van der Waals surface area contributed by atoms with Crippen LogP contribution in [0, 0.1) is 0 Å². The maximum absolute atomic E-state index is 13.1. The van der Waals surface area contributed by atoms with Crippen molar-refractivity contribution in [2.24, 2.45) is 0 Å². The molecule has 9 nitrogen and oxygen atoms in total. The number of rotatable bonds is 4. The fraction of sp³-hybridized carbons (Fsp3) is 0.385. The molecule has 1 unspecified atom stereocenters. The smallest absolute Gasteiger partial charge is 0.406 e. The first kappa shape index (κ1) is 28.6. The number of piperazine rings is 1. The number of ether oxygens (including phenoxy) is 2. The van der Waals surface area contributed by atoms with E-state index in [-0.39, 0.29) is 17.4 Å². The van der Waals surface area contributed by atoms with Gasteiger partial charge in [0.05, 0.1) is 17.8 Å². The number of amides is 2. The van der Waals surface area contributed by atoms with Crippen molar-refractivity contribution in [1.29, 1.82) is 0 Å². The Hall–Kier alpha value is -3.93. The fourth-order valence-corrected chi connectivity index (χ4v) is 3.52. The summed E-state index contributed by atoms with van der Waals surface area (Å²) in [5.74, 6) is -0.358. The van der Waals surface area contributed by atoms with Crippen molar-refractivity contribution in [3.05, 3.63) is 66.4 Å². The molecule has 0 aliphatic carbocycles. The molecule has 204 valence electrons. The van der Waals surface area contributed by atoms with Crippen molar-refractivity contribution in [3.8, 4) is 17.0 Å². The van der Waals surface area contributed by atoms with Crippen molar-refractivity contribution in [3.63, 3.8) is 0 Å². The highest BCUT2D eigenvalue weighted by atomic mass is 19.4. The van der Waals surface area contributed by atoms with Crippen LogP contribution in [0.25, 0.3) is 11.3 Å². The molecular formula is C26H30F3N5O4. The Bertz CT molecular complexity index is 1190. The summed E-state index contributed by atoms with van der Waals surface area (Å²) in [6, 6.07) is 13.6. The average molecular weight is 534 g/mol. The molecule has 4 rings (SSSR count). The summed E-state index contributed by atoms with van der Waals surface area (Å²) in [5.41, 5.74) is 1.71. The zero-order valence-corrected chi connectivity index (χ0v) is 21.6. The highest BCUT2D eigenvalue weighted by molar-refractivity contribution is 5.76. The monoisotopic (exact) mass is 533 g/mol. The molecule has 2 aromatic carbocycles. The molecule has 38 heavy (non-hydrogen) atoms. The number of carbonyl (C=O) groups excluding carboxylic acids is 2. The van der Waals surface area contributed by atoms with Crippen LogP contribution in [0.5, 0.6) is 5.75 Å². The van der Waals surface area contributed by atoms with Crippen LogP contribution in [0.15, 0.2) is 60.8 Å². The van der Waals surface area contributed by atoms with E-state index in [0.717, 1.165) is 28.9 Å². The SMILES string of the molecule is COC(C)(C)C.O=CN1CCN(C(=O)n2ncc(-c3ccc(OC(F)(F)F)cc3)n2)C(c2ccccc2)C1. The summed E-state index contributed by atoms with van der Waals surface area (Å²) >= 11 is 0. The second-order valence-corrected chi connectivity index (χ2v) is 9.41. The molecule has 1 aromatic heterocycles. The van der Waals surface area contributed by atoms with Gasteiger partial charge in [-0.1, -0.05) is 35.1 Å². The number of benzene rings is 2. The van der Waals surface area contributed by atoms with Gasteiger partial charge >= 0.3 is 12.4 Å². The molecule has 3 aromatic rings. The van der Waals surface area contributed by atoms with Gasteiger partial charge in [0.25, 0.3) is 0 Å². The molecule has 2 heterocycles. The van der Waals surface area contributed by atoms with E-state index in [1.165, 1.54) is 18.3 Å². The minimum Gasteiger partial charge on any atom is -0.406 e. The molecule has 1 aliphatic heterocycles. The molecular weight excluding hydrogens is 503 g/mol. The number of nitrogens with zero attached hydrogens (tertiary/aromatic N) is 5. The van der Waals surface area contributed by atoms with E-state index in [0.29, 0.717) is 30.9 Å². The van der Waals surface area contributed by atoms with Gasteiger partial charge in [-0.05, 0) is 50.6 Å². The van der Waals surface area contributed by atoms with E-state index < -0.39 is 12.4 Å². The number of hydrogen-bond donors (Lipinski definition) is 0. The lowest BCUT2D eigenvalue weighted by atomic mass is 10.0. The van der Waals surface area contributed by atoms with Crippen LogP contribution in [-0.4, -0.2) is 75.9 Å². The van der Waals surface area contributed by atoms with Crippen molar-refractivity contribution in [1.82, 2.24) is 24.8 Å². The van der Waals surface area contributed by atoms with E-state index in [2.05, 4.69) is 14.9 Å². The molecule has 12 heteroatoms. The van der Waals surface area contributed by atoms with Gasteiger partial charge in [-0.2, -0.15) is 5.10 Å². The summed E-state index contributed by atoms with van der Waals surface area (Å²) in [4.78, 5) is 28.6. The van der Waals surface area contributed by atoms with Gasteiger partial charge in [0, 0.05) is 32.3 Å². The minimum absolute atomic E-state index is 0.0417. The van der Waals surface area contributed by atoms with E-state index in [9.17, 15) is 22.8 Å². The molecule has 0 bridgehead atoms. The predicted molar refractivity (Wildman–Crippen MR) is 133 cm³/mol. The number of alkyl halides is 3. The van der Waals surface area contributed by atoms with Crippen molar-refractivity contribution in [2.45, 2.75) is 38.8 Å². The first-order valence-electron chi connectivity index (χ1n) is 11.8. The van der Waals surface area contributed by atoms with Gasteiger partial charge in [0.2, 0.25) is 6.41 Å². The summed E-state index contributed by atoms with van der Waals surface area (Å²) in [5, 5.41) is 8.23. The van der Waals surface area contributed by atoms with Gasteiger partial charge < -0.3 is 19.3 Å². The van der Waals surface area contributed by atoms with E-state index in [1.807, 2.05) is 51.1 Å². The minimum atomic E-state index is -4.78.